The molecule has 1 N–H and O–H groups in total. The van der Waals surface area contributed by atoms with Crippen molar-refractivity contribution in [2.45, 2.75) is 75.7 Å². The minimum absolute atomic E-state index is 0.130. The normalized spacial score (nSPS) is 22.3. The maximum Gasteiger partial charge on any atom is 0.272 e. The lowest BCUT2D eigenvalue weighted by molar-refractivity contribution is -0.118. The number of amides is 2. The average molecular weight is 463 g/mol. The number of carbonyl (C=O) groups excluding carboxylic acids is 2. The zero-order valence-corrected chi connectivity index (χ0v) is 20.2. The summed E-state index contributed by atoms with van der Waals surface area (Å²) in [4.78, 5) is 30.3. The predicted molar refractivity (Wildman–Crippen MR) is 123 cm³/mol. The van der Waals surface area contributed by atoms with Gasteiger partial charge in [-0.15, -0.1) is 0 Å². The van der Waals surface area contributed by atoms with Crippen LogP contribution in [-0.2, 0) is 14.8 Å². The highest BCUT2D eigenvalue weighted by Gasteiger charge is 2.53. The molecule has 9 heteroatoms. The number of nitrogens with zero attached hydrogens (tertiary/aromatic N) is 3. The number of hydrogen-bond acceptors (Lipinski definition) is 5. The van der Waals surface area contributed by atoms with Gasteiger partial charge in [-0.2, -0.15) is 4.31 Å². The van der Waals surface area contributed by atoms with E-state index in [1.54, 1.807) is 33.6 Å². The van der Waals surface area contributed by atoms with E-state index in [0.717, 1.165) is 0 Å². The first kappa shape index (κ1) is 24.4. The number of nitrogens with one attached hydrogen (secondary N) is 1. The van der Waals surface area contributed by atoms with Crippen LogP contribution in [0, 0.1) is 0 Å². The molecule has 1 aromatic heterocycles. The van der Waals surface area contributed by atoms with E-state index in [0.29, 0.717) is 44.5 Å². The Hall–Kier alpha value is -2.26. The van der Waals surface area contributed by atoms with Crippen molar-refractivity contribution in [2.24, 2.45) is 0 Å². The van der Waals surface area contributed by atoms with Crippen LogP contribution in [0.1, 0.15) is 63.9 Å². The lowest BCUT2D eigenvalue weighted by Crippen LogP contribution is -2.67. The average Bonchev–Trinajstić information content (AvgIpc) is 2.71. The predicted octanol–water partition coefficient (Wildman–Crippen LogP) is 2.34. The second-order valence-electron chi connectivity index (χ2n) is 9.96. The molecule has 3 heterocycles. The van der Waals surface area contributed by atoms with Gasteiger partial charge in [-0.3, -0.25) is 14.6 Å². The molecule has 2 fully saturated rings. The van der Waals surface area contributed by atoms with Gasteiger partial charge in [0.1, 0.15) is 5.69 Å². The number of piperidine rings is 2. The third-order valence-electron chi connectivity index (χ3n) is 6.41. The van der Waals surface area contributed by atoms with Crippen LogP contribution < -0.4 is 5.32 Å². The lowest BCUT2D eigenvalue weighted by atomic mass is 9.79. The highest BCUT2D eigenvalue weighted by Crippen LogP contribution is 2.42. The first-order valence-electron chi connectivity index (χ1n) is 11.1. The van der Waals surface area contributed by atoms with Crippen LogP contribution >= 0.6 is 0 Å². The summed E-state index contributed by atoms with van der Waals surface area (Å²) >= 11 is 0. The van der Waals surface area contributed by atoms with Crippen molar-refractivity contribution in [1.82, 2.24) is 19.5 Å². The van der Waals surface area contributed by atoms with Crippen LogP contribution in [0.2, 0.25) is 0 Å². The Morgan fingerprint density at radius 1 is 1.12 bits per heavy atom. The standard InChI is InChI=1S/C23H34N4O4S/c1-6-20(28)25-17-15-22(2,3)27(23(4,5)16-17)32(30,31)18-10-13-26(14-11-18)21(29)19-9-7-8-12-24-19/h6-9,12,17-18H,1,10-11,13-16H2,2-5H3,(H,25,28). The quantitative estimate of drug-likeness (QED) is 0.677. The number of likely N-dealkylation sites (tertiary alicyclic amines) is 1. The van der Waals surface area contributed by atoms with Gasteiger partial charge in [0, 0.05) is 36.4 Å². The molecule has 1 aromatic rings. The molecule has 32 heavy (non-hydrogen) atoms. The van der Waals surface area contributed by atoms with Crippen LogP contribution in [0.15, 0.2) is 37.1 Å². The maximum absolute atomic E-state index is 13.8. The Bertz CT molecular complexity index is 949. The van der Waals surface area contributed by atoms with Crippen molar-refractivity contribution in [3.8, 4) is 0 Å². The number of carbonyl (C=O) groups is 2. The van der Waals surface area contributed by atoms with Crippen molar-refractivity contribution in [3.63, 3.8) is 0 Å². The van der Waals surface area contributed by atoms with E-state index in [-0.39, 0.29) is 17.9 Å². The molecule has 3 rings (SSSR count). The molecule has 0 unspecified atom stereocenters. The lowest BCUT2D eigenvalue weighted by Gasteiger charge is -2.55. The van der Waals surface area contributed by atoms with Gasteiger partial charge in [0.15, 0.2) is 0 Å². The van der Waals surface area contributed by atoms with E-state index in [9.17, 15) is 18.0 Å². The first-order valence-corrected chi connectivity index (χ1v) is 12.6. The largest absolute Gasteiger partial charge is 0.350 e. The number of pyridine rings is 1. The molecule has 8 nitrogen and oxygen atoms in total. The van der Waals surface area contributed by atoms with Crippen molar-refractivity contribution in [1.29, 1.82) is 0 Å². The highest BCUT2D eigenvalue weighted by molar-refractivity contribution is 7.89. The summed E-state index contributed by atoms with van der Waals surface area (Å²) in [6.45, 7) is 11.9. The third kappa shape index (κ3) is 4.88. The van der Waals surface area contributed by atoms with Crippen LogP contribution in [0.25, 0.3) is 0 Å². The molecule has 2 aliphatic rings. The van der Waals surface area contributed by atoms with Crippen LogP contribution in [0.4, 0.5) is 0 Å². The van der Waals surface area contributed by atoms with E-state index in [4.69, 9.17) is 0 Å². The molecular weight excluding hydrogens is 428 g/mol. The number of sulfonamides is 1. The summed E-state index contributed by atoms with van der Waals surface area (Å²) in [5.74, 6) is -0.413. The topological polar surface area (TPSA) is 99.7 Å². The summed E-state index contributed by atoms with van der Waals surface area (Å²) in [5.41, 5.74) is -0.957. The first-order chi connectivity index (χ1) is 14.9. The van der Waals surface area contributed by atoms with E-state index in [1.165, 1.54) is 6.08 Å². The highest BCUT2D eigenvalue weighted by atomic mass is 32.2. The number of rotatable bonds is 5. The van der Waals surface area contributed by atoms with Gasteiger partial charge >= 0.3 is 0 Å². The van der Waals surface area contributed by atoms with Gasteiger partial charge in [-0.1, -0.05) is 12.6 Å². The summed E-state index contributed by atoms with van der Waals surface area (Å²) in [6.07, 6.45) is 4.64. The fourth-order valence-electron chi connectivity index (χ4n) is 5.47. The molecule has 0 bridgehead atoms. The van der Waals surface area contributed by atoms with E-state index < -0.39 is 26.4 Å². The Kier molecular flexibility index (Phi) is 6.81. The maximum atomic E-state index is 13.8. The Morgan fingerprint density at radius 2 is 1.72 bits per heavy atom. The van der Waals surface area contributed by atoms with Gasteiger partial charge in [0.25, 0.3) is 5.91 Å². The Labute approximate surface area is 191 Å². The smallest absolute Gasteiger partial charge is 0.272 e. The van der Waals surface area contributed by atoms with E-state index >= 15 is 0 Å². The summed E-state index contributed by atoms with van der Waals surface area (Å²) in [5, 5.41) is 2.39. The van der Waals surface area contributed by atoms with Crippen LogP contribution in [0.3, 0.4) is 0 Å². The Balaban J connectivity index is 1.74. The summed E-state index contributed by atoms with van der Waals surface area (Å²) in [6, 6.07) is 5.06. The monoisotopic (exact) mass is 462 g/mol. The number of aromatic nitrogens is 1. The second kappa shape index (κ2) is 8.94. The van der Waals surface area contributed by atoms with Crippen molar-refractivity contribution in [3.05, 3.63) is 42.7 Å². The molecule has 0 saturated carbocycles. The van der Waals surface area contributed by atoms with Gasteiger partial charge in [-0.25, -0.2) is 8.42 Å². The van der Waals surface area contributed by atoms with Crippen molar-refractivity contribution < 1.29 is 18.0 Å². The van der Waals surface area contributed by atoms with Gasteiger partial charge in [0.05, 0.1) is 5.25 Å². The van der Waals surface area contributed by atoms with Gasteiger partial charge < -0.3 is 10.2 Å². The summed E-state index contributed by atoms with van der Waals surface area (Å²) < 4.78 is 29.3. The van der Waals surface area contributed by atoms with Gasteiger partial charge in [0.2, 0.25) is 15.9 Å². The fraction of sp³-hybridized carbons (Fsp3) is 0.609. The van der Waals surface area contributed by atoms with Crippen LogP contribution in [-0.4, -0.2) is 69.9 Å². The molecule has 0 radical (unpaired) electrons. The molecule has 0 aromatic carbocycles. The zero-order chi connectivity index (χ0) is 23.7. The van der Waals surface area contributed by atoms with E-state index in [2.05, 4.69) is 16.9 Å². The molecule has 0 aliphatic carbocycles. The second-order valence-corrected chi connectivity index (χ2v) is 12.0. The molecule has 2 amide bonds. The minimum Gasteiger partial charge on any atom is -0.350 e. The SMILES string of the molecule is C=CC(=O)NC1CC(C)(C)N(S(=O)(=O)C2CCN(C(=O)c3ccccn3)CC2)C(C)(C)C1. The van der Waals surface area contributed by atoms with Crippen LogP contribution in [0.5, 0.6) is 0 Å². The Morgan fingerprint density at radius 3 is 2.22 bits per heavy atom. The molecular formula is C23H34N4O4S. The number of hydrogen-bond donors (Lipinski definition) is 1. The van der Waals surface area contributed by atoms with Crippen molar-refractivity contribution >= 4 is 21.8 Å². The van der Waals surface area contributed by atoms with Gasteiger partial charge in [-0.05, 0) is 71.6 Å². The molecule has 2 saturated heterocycles. The third-order valence-corrected chi connectivity index (χ3v) is 9.22. The molecule has 2 aliphatic heterocycles. The molecule has 0 spiro atoms. The van der Waals surface area contributed by atoms with Crippen molar-refractivity contribution in [2.75, 3.05) is 13.1 Å². The van der Waals surface area contributed by atoms with E-state index in [1.807, 2.05) is 27.7 Å². The zero-order valence-electron chi connectivity index (χ0n) is 19.4. The molecule has 176 valence electrons. The molecule has 0 atom stereocenters. The summed E-state index contributed by atoms with van der Waals surface area (Å²) in [7, 11) is -3.62. The fourth-order valence-corrected chi connectivity index (χ4v) is 8.10. The minimum atomic E-state index is -3.62.